The second-order valence-corrected chi connectivity index (χ2v) is 6.30. The van der Waals surface area contributed by atoms with E-state index in [4.69, 9.17) is 21.7 Å². The lowest BCUT2D eigenvalue weighted by Gasteiger charge is -2.12. The van der Waals surface area contributed by atoms with Crippen LogP contribution in [0.4, 0.5) is 5.69 Å². The molecule has 0 atom stereocenters. The first kappa shape index (κ1) is 19.4. The maximum absolute atomic E-state index is 12.5. The highest BCUT2D eigenvalue weighted by Gasteiger charge is 2.11. The molecular formula is C21H17ClN4O2. The van der Waals surface area contributed by atoms with Crippen molar-refractivity contribution in [1.29, 1.82) is 5.26 Å². The van der Waals surface area contributed by atoms with Gasteiger partial charge in [0.05, 0.1) is 17.2 Å². The SMILES string of the molecule is N#Cc1ccc(CONC(=O)c2ccccc2NCc2ccncc2)c(Cl)c1. The van der Waals surface area contributed by atoms with Crippen molar-refractivity contribution in [1.82, 2.24) is 10.5 Å². The highest BCUT2D eigenvalue weighted by molar-refractivity contribution is 6.31. The normalized spacial score (nSPS) is 10.1. The van der Waals surface area contributed by atoms with Crippen LogP contribution in [0.2, 0.25) is 5.02 Å². The van der Waals surface area contributed by atoms with Gasteiger partial charge in [0.2, 0.25) is 0 Å². The molecule has 28 heavy (non-hydrogen) atoms. The zero-order valence-corrected chi connectivity index (χ0v) is 15.6. The summed E-state index contributed by atoms with van der Waals surface area (Å²) >= 11 is 6.11. The van der Waals surface area contributed by atoms with Gasteiger partial charge in [-0.1, -0.05) is 29.8 Å². The first-order valence-corrected chi connectivity index (χ1v) is 8.87. The zero-order valence-electron chi connectivity index (χ0n) is 14.9. The summed E-state index contributed by atoms with van der Waals surface area (Å²) in [5, 5.41) is 12.5. The number of aromatic nitrogens is 1. The number of halogens is 1. The fourth-order valence-corrected chi connectivity index (χ4v) is 2.74. The fourth-order valence-electron chi connectivity index (χ4n) is 2.50. The van der Waals surface area contributed by atoms with Gasteiger partial charge >= 0.3 is 0 Å². The Morgan fingerprint density at radius 1 is 1.14 bits per heavy atom. The molecule has 6 nitrogen and oxygen atoms in total. The van der Waals surface area contributed by atoms with Crippen LogP contribution in [0.5, 0.6) is 0 Å². The summed E-state index contributed by atoms with van der Waals surface area (Å²) in [7, 11) is 0. The molecule has 3 rings (SSSR count). The first-order chi connectivity index (χ1) is 13.7. The third-order valence-corrected chi connectivity index (χ3v) is 4.33. The van der Waals surface area contributed by atoms with Gasteiger partial charge in [-0.15, -0.1) is 0 Å². The molecule has 2 aromatic carbocycles. The largest absolute Gasteiger partial charge is 0.380 e. The van der Waals surface area contributed by atoms with Gasteiger partial charge in [0, 0.05) is 29.6 Å². The van der Waals surface area contributed by atoms with Crippen LogP contribution in [0, 0.1) is 11.3 Å². The van der Waals surface area contributed by atoms with E-state index in [1.54, 1.807) is 42.7 Å². The lowest BCUT2D eigenvalue weighted by Crippen LogP contribution is -2.24. The Kier molecular flexibility index (Phi) is 6.58. The maximum Gasteiger partial charge on any atom is 0.276 e. The Morgan fingerprint density at radius 2 is 1.93 bits per heavy atom. The number of hydrogen-bond acceptors (Lipinski definition) is 5. The molecule has 1 aromatic heterocycles. The molecule has 0 fully saturated rings. The minimum atomic E-state index is -0.373. The van der Waals surface area contributed by atoms with E-state index in [0.29, 0.717) is 33.9 Å². The second-order valence-electron chi connectivity index (χ2n) is 5.89. The fraction of sp³-hybridized carbons (Fsp3) is 0.0952. The van der Waals surface area contributed by atoms with Crippen molar-refractivity contribution < 1.29 is 9.63 Å². The quantitative estimate of drug-likeness (QED) is 0.591. The summed E-state index contributed by atoms with van der Waals surface area (Å²) in [6, 6.07) is 17.9. The lowest BCUT2D eigenvalue weighted by atomic mass is 10.1. The van der Waals surface area contributed by atoms with Gasteiger partial charge in [0.1, 0.15) is 6.61 Å². The van der Waals surface area contributed by atoms with Crippen LogP contribution >= 0.6 is 11.6 Å². The monoisotopic (exact) mass is 392 g/mol. The average Bonchev–Trinajstić information content (AvgIpc) is 2.74. The molecule has 0 bridgehead atoms. The van der Waals surface area contributed by atoms with Crippen LogP contribution in [0.25, 0.3) is 0 Å². The van der Waals surface area contributed by atoms with Crippen molar-refractivity contribution >= 4 is 23.2 Å². The molecule has 140 valence electrons. The molecule has 1 heterocycles. The zero-order chi connectivity index (χ0) is 19.8. The number of nitrogens with zero attached hydrogens (tertiary/aromatic N) is 2. The van der Waals surface area contributed by atoms with Crippen molar-refractivity contribution in [2.24, 2.45) is 0 Å². The van der Waals surface area contributed by atoms with Crippen molar-refractivity contribution in [3.8, 4) is 6.07 Å². The van der Waals surface area contributed by atoms with E-state index in [0.717, 1.165) is 5.56 Å². The maximum atomic E-state index is 12.5. The molecule has 0 radical (unpaired) electrons. The van der Waals surface area contributed by atoms with Gasteiger partial charge in [0.25, 0.3) is 5.91 Å². The van der Waals surface area contributed by atoms with E-state index in [1.165, 1.54) is 0 Å². The average molecular weight is 393 g/mol. The first-order valence-electron chi connectivity index (χ1n) is 8.50. The topological polar surface area (TPSA) is 87.0 Å². The van der Waals surface area contributed by atoms with E-state index < -0.39 is 0 Å². The number of anilines is 1. The van der Waals surface area contributed by atoms with Crippen LogP contribution in [-0.2, 0) is 18.0 Å². The summed E-state index contributed by atoms with van der Waals surface area (Å²) in [6.07, 6.45) is 3.44. The van der Waals surface area contributed by atoms with Crippen molar-refractivity contribution in [3.63, 3.8) is 0 Å². The Hall–Kier alpha value is -3.40. The molecule has 3 aromatic rings. The number of carbonyl (C=O) groups excluding carboxylic acids is 1. The molecule has 0 saturated carbocycles. The summed E-state index contributed by atoms with van der Waals surface area (Å²) < 4.78 is 0. The van der Waals surface area contributed by atoms with E-state index in [2.05, 4.69) is 15.8 Å². The molecule has 0 aliphatic heterocycles. The predicted molar refractivity (Wildman–Crippen MR) is 106 cm³/mol. The van der Waals surface area contributed by atoms with Crippen LogP contribution in [0.1, 0.15) is 27.0 Å². The number of nitrogens with one attached hydrogen (secondary N) is 2. The summed E-state index contributed by atoms with van der Waals surface area (Å²) in [6.45, 7) is 0.650. The Morgan fingerprint density at radius 3 is 2.68 bits per heavy atom. The van der Waals surface area contributed by atoms with Crippen LogP contribution in [0.15, 0.2) is 67.0 Å². The van der Waals surface area contributed by atoms with Crippen molar-refractivity contribution in [2.45, 2.75) is 13.2 Å². The Labute approximate surface area is 167 Å². The van der Waals surface area contributed by atoms with E-state index in [1.807, 2.05) is 30.3 Å². The van der Waals surface area contributed by atoms with Crippen molar-refractivity contribution in [3.05, 3.63) is 94.3 Å². The number of hydrogen-bond donors (Lipinski definition) is 2. The Balaban J connectivity index is 1.59. The minimum absolute atomic E-state index is 0.0862. The van der Waals surface area contributed by atoms with E-state index in [9.17, 15) is 4.79 Å². The molecule has 7 heteroatoms. The molecule has 0 aliphatic rings. The summed E-state index contributed by atoms with van der Waals surface area (Å²) in [4.78, 5) is 21.8. The number of nitriles is 1. The molecule has 2 N–H and O–H groups in total. The number of para-hydroxylation sites is 1. The third-order valence-electron chi connectivity index (χ3n) is 3.98. The molecule has 0 spiro atoms. The lowest BCUT2D eigenvalue weighted by molar-refractivity contribution is 0.0234. The number of hydroxylamine groups is 1. The van der Waals surface area contributed by atoms with Crippen LogP contribution in [-0.4, -0.2) is 10.9 Å². The van der Waals surface area contributed by atoms with Gasteiger partial charge in [-0.3, -0.25) is 14.6 Å². The predicted octanol–water partition coefficient (Wildman–Crippen LogP) is 4.08. The standard InChI is InChI=1S/C21H17ClN4O2/c22-19-11-16(12-23)5-6-17(19)14-28-26-21(27)18-3-1-2-4-20(18)25-13-15-7-9-24-10-8-15/h1-11,25H,13-14H2,(H,26,27). The second kappa shape index (κ2) is 9.51. The van der Waals surface area contributed by atoms with Crippen molar-refractivity contribution in [2.75, 3.05) is 5.32 Å². The van der Waals surface area contributed by atoms with E-state index in [-0.39, 0.29) is 12.5 Å². The number of pyridine rings is 1. The van der Waals surface area contributed by atoms with Gasteiger partial charge in [0.15, 0.2) is 0 Å². The molecule has 1 amide bonds. The number of rotatable bonds is 7. The number of benzene rings is 2. The third kappa shape index (κ3) is 5.07. The van der Waals surface area contributed by atoms with Gasteiger partial charge in [-0.25, -0.2) is 5.48 Å². The van der Waals surface area contributed by atoms with E-state index >= 15 is 0 Å². The smallest absolute Gasteiger partial charge is 0.276 e. The molecular weight excluding hydrogens is 376 g/mol. The van der Waals surface area contributed by atoms with Gasteiger partial charge in [-0.2, -0.15) is 5.26 Å². The molecule has 0 unspecified atom stereocenters. The van der Waals surface area contributed by atoms with Gasteiger partial charge < -0.3 is 5.32 Å². The highest BCUT2D eigenvalue weighted by Crippen LogP contribution is 2.19. The minimum Gasteiger partial charge on any atom is -0.380 e. The summed E-state index contributed by atoms with van der Waals surface area (Å²) in [5.41, 5.74) is 5.77. The number of amides is 1. The highest BCUT2D eigenvalue weighted by atomic mass is 35.5. The summed E-state index contributed by atoms with van der Waals surface area (Å²) in [5.74, 6) is -0.373. The molecule has 0 saturated heterocycles. The van der Waals surface area contributed by atoms with Crippen LogP contribution < -0.4 is 10.8 Å². The van der Waals surface area contributed by atoms with Crippen LogP contribution in [0.3, 0.4) is 0 Å². The Bertz CT molecular complexity index is 1000. The molecule has 0 aliphatic carbocycles. The number of carbonyl (C=O) groups is 1. The van der Waals surface area contributed by atoms with Gasteiger partial charge in [-0.05, 0) is 47.5 Å².